The first-order valence-corrected chi connectivity index (χ1v) is 9.25. The molecule has 1 aromatic rings. The number of aliphatic imine (C=N–C) groups is 1. The van der Waals surface area contributed by atoms with Crippen LogP contribution in [0.3, 0.4) is 0 Å². The number of guanidine groups is 1. The van der Waals surface area contributed by atoms with Crippen molar-refractivity contribution in [1.29, 1.82) is 0 Å². The minimum Gasteiger partial charge on any atom is -0.359 e. The number of benzene rings is 1. The van der Waals surface area contributed by atoms with Crippen LogP contribution >= 0.6 is 0 Å². The first-order chi connectivity index (χ1) is 12.0. The third kappa shape index (κ3) is 5.76. The van der Waals surface area contributed by atoms with Crippen LogP contribution in [0.4, 0.5) is 0 Å². The Morgan fingerprint density at radius 3 is 2.60 bits per heavy atom. The van der Waals surface area contributed by atoms with Crippen molar-refractivity contribution in [2.24, 2.45) is 10.9 Å². The van der Waals surface area contributed by atoms with Crippen molar-refractivity contribution in [3.05, 3.63) is 34.9 Å². The largest absolute Gasteiger partial charge is 0.359 e. The van der Waals surface area contributed by atoms with E-state index in [1.807, 2.05) is 7.05 Å². The van der Waals surface area contributed by atoms with E-state index in [9.17, 15) is 4.79 Å². The molecule has 2 rings (SSSR count). The van der Waals surface area contributed by atoms with Gasteiger partial charge in [0.25, 0.3) is 0 Å². The van der Waals surface area contributed by atoms with Crippen molar-refractivity contribution < 1.29 is 4.79 Å². The van der Waals surface area contributed by atoms with Crippen molar-refractivity contribution in [3.8, 4) is 0 Å². The second-order valence-corrected chi connectivity index (χ2v) is 6.96. The number of likely N-dealkylation sites (tertiary alicyclic amines) is 1. The molecule has 0 bridgehead atoms. The Morgan fingerprint density at radius 2 is 2.00 bits per heavy atom. The van der Waals surface area contributed by atoms with Crippen LogP contribution in [0.2, 0.25) is 0 Å². The van der Waals surface area contributed by atoms with Gasteiger partial charge in [-0.3, -0.25) is 9.79 Å². The lowest BCUT2D eigenvalue weighted by Gasteiger charge is -2.34. The Bertz CT molecular complexity index is 604. The lowest BCUT2D eigenvalue weighted by molar-refractivity contribution is -0.121. The van der Waals surface area contributed by atoms with Crippen molar-refractivity contribution in [3.63, 3.8) is 0 Å². The number of hydrogen-bond acceptors (Lipinski definition) is 2. The second-order valence-electron chi connectivity index (χ2n) is 6.96. The summed E-state index contributed by atoms with van der Waals surface area (Å²) >= 11 is 0. The summed E-state index contributed by atoms with van der Waals surface area (Å²) in [6.07, 6.45) is 3.73. The molecule has 2 N–H and O–H groups in total. The van der Waals surface area contributed by atoms with Crippen LogP contribution in [-0.2, 0) is 11.2 Å². The molecule has 0 spiro atoms. The van der Waals surface area contributed by atoms with E-state index in [1.165, 1.54) is 16.7 Å². The zero-order valence-corrected chi connectivity index (χ0v) is 16.1. The smallest absolute Gasteiger partial charge is 0.220 e. The van der Waals surface area contributed by atoms with Gasteiger partial charge in [0, 0.05) is 40.2 Å². The lowest BCUT2D eigenvalue weighted by atomic mass is 9.93. The number of nitrogens with one attached hydrogen (secondary N) is 2. The summed E-state index contributed by atoms with van der Waals surface area (Å²) in [5.41, 5.74) is 4.05. The van der Waals surface area contributed by atoms with Crippen LogP contribution in [0.25, 0.3) is 0 Å². The van der Waals surface area contributed by atoms with E-state index in [0.717, 1.165) is 44.9 Å². The molecule has 0 radical (unpaired) electrons. The number of nitrogens with zero attached hydrogens (tertiary/aromatic N) is 2. The van der Waals surface area contributed by atoms with E-state index in [1.54, 1.807) is 7.05 Å². The molecule has 1 heterocycles. The van der Waals surface area contributed by atoms with Gasteiger partial charge < -0.3 is 15.5 Å². The van der Waals surface area contributed by atoms with Gasteiger partial charge in [-0.1, -0.05) is 23.8 Å². The highest BCUT2D eigenvalue weighted by molar-refractivity contribution is 5.80. The molecule has 0 saturated carbocycles. The number of amides is 1. The summed E-state index contributed by atoms with van der Waals surface area (Å²) in [7, 11) is 3.55. The zero-order chi connectivity index (χ0) is 18.2. The monoisotopic (exact) mass is 344 g/mol. The Labute approximate surface area is 151 Å². The van der Waals surface area contributed by atoms with Crippen molar-refractivity contribution in [2.75, 3.05) is 33.7 Å². The molecule has 0 atom stereocenters. The van der Waals surface area contributed by atoms with Gasteiger partial charge in [-0.2, -0.15) is 0 Å². The van der Waals surface area contributed by atoms with Gasteiger partial charge in [0.05, 0.1) is 0 Å². The molecule has 1 aliphatic rings. The zero-order valence-electron chi connectivity index (χ0n) is 16.1. The van der Waals surface area contributed by atoms with Crippen LogP contribution in [0.5, 0.6) is 0 Å². The molecular weight excluding hydrogens is 312 g/mol. The fourth-order valence-corrected chi connectivity index (χ4v) is 3.48. The molecule has 0 aliphatic carbocycles. The number of aryl methyl sites for hydroxylation is 2. The number of piperidine rings is 1. The topological polar surface area (TPSA) is 56.7 Å². The van der Waals surface area contributed by atoms with Crippen LogP contribution in [-0.4, -0.2) is 50.5 Å². The van der Waals surface area contributed by atoms with Crippen LogP contribution in [0.15, 0.2) is 23.2 Å². The fourth-order valence-electron chi connectivity index (χ4n) is 3.48. The predicted molar refractivity (Wildman–Crippen MR) is 104 cm³/mol. The van der Waals surface area contributed by atoms with Gasteiger partial charge in [-0.05, 0) is 50.2 Å². The van der Waals surface area contributed by atoms with Crippen molar-refractivity contribution in [1.82, 2.24) is 15.5 Å². The third-order valence-corrected chi connectivity index (χ3v) is 5.05. The number of carbonyl (C=O) groups is 1. The molecule has 1 amide bonds. The summed E-state index contributed by atoms with van der Waals surface area (Å²) in [6, 6.07) is 6.63. The molecule has 1 saturated heterocycles. The van der Waals surface area contributed by atoms with Gasteiger partial charge in [0.15, 0.2) is 5.96 Å². The normalized spacial score (nSPS) is 16.0. The number of rotatable bonds is 5. The van der Waals surface area contributed by atoms with Gasteiger partial charge in [-0.15, -0.1) is 0 Å². The first-order valence-electron chi connectivity index (χ1n) is 9.25. The van der Waals surface area contributed by atoms with Crippen molar-refractivity contribution in [2.45, 2.75) is 39.5 Å². The predicted octanol–water partition coefficient (Wildman–Crippen LogP) is 2.27. The van der Waals surface area contributed by atoms with E-state index < -0.39 is 0 Å². The average Bonchev–Trinajstić information content (AvgIpc) is 2.61. The minimum atomic E-state index is 0.148. The fraction of sp³-hybridized carbons (Fsp3) is 0.600. The SMILES string of the molecule is CN=C(NCCc1ccc(C)cc1C)N1CCC(CC(=O)NC)CC1. The maximum absolute atomic E-state index is 11.5. The van der Waals surface area contributed by atoms with E-state index in [2.05, 4.69) is 52.6 Å². The number of hydrogen-bond donors (Lipinski definition) is 2. The molecule has 25 heavy (non-hydrogen) atoms. The van der Waals surface area contributed by atoms with E-state index in [-0.39, 0.29) is 5.91 Å². The first kappa shape index (κ1) is 19.3. The summed E-state index contributed by atoms with van der Waals surface area (Å²) < 4.78 is 0. The molecule has 0 aromatic heterocycles. The van der Waals surface area contributed by atoms with Gasteiger partial charge in [-0.25, -0.2) is 0 Å². The van der Waals surface area contributed by atoms with Gasteiger partial charge >= 0.3 is 0 Å². The number of carbonyl (C=O) groups excluding carboxylic acids is 1. The lowest BCUT2D eigenvalue weighted by Crippen LogP contribution is -2.46. The molecule has 1 aromatic carbocycles. The summed E-state index contributed by atoms with van der Waals surface area (Å²) in [4.78, 5) is 18.3. The average molecular weight is 345 g/mol. The third-order valence-electron chi connectivity index (χ3n) is 5.05. The molecule has 0 unspecified atom stereocenters. The van der Waals surface area contributed by atoms with E-state index in [4.69, 9.17) is 0 Å². The highest BCUT2D eigenvalue weighted by Gasteiger charge is 2.22. The summed E-state index contributed by atoms with van der Waals surface area (Å²) in [5.74, 6) is 1.61. The Balaban J connectivity index is 1.78. The molecule has 1 aliphatic heterocycles. The highest BCUT2D eigenvalue weighted by Crippen LogP contribution is 2.20. The van der Waals surface area contributed by atoms with Crippen LogP contribution < -0.4 is 10.6 Å². The maximum atomic E-state index is 11.5. The molecule has 1 fully saturated rings. The molecule has 138 valence electrons. The molecular formula is C20H32N4O. The van der Waals surface area contributed by atoms with Crippen LogP contribution in [0.1, 0.15) is 36.0 Å². The second kappa shape index (κ2) is 9.44. The van der Waals surface area contributed by atoms with E-state index >= 15 is 0 Å². The Kier molecular flexibility index (Phi) is 7.29. The highest BCUT2D eigenvalue weighted by atomic mass is 16.1. The minimum absolute atomic E-state index is 0.148. The van der Waals surface area contributed by atoms with E-state index in [0.29, 0.717) is 12.3 Å². The summed E-state index contributed by atoms with van der Waals surface area (Å²) in [5, 5.41) is 6.21. The van der Waals surface area contributed by atoms with Crippen LogP contribution in [0, 0.1) is 19.8 Å². The maximum Gasteiger partial charge on any atom is 0.220 e. The van der Waals surface area contributed by atoms with Gasteiger partial charge in [0.2, 0.25) is 5.91 Å². The van der Waals surface area contributed by atoms with Gasteiger partial charge in [0.1, 0.15) is 0 Å². The van der Waals surface area contributed by atoms with Crippen molar-refractivity contribution >= 4 is 11.9 Å². The molecule has 5 nitrogen and oxygen atoms in total. The summed E-state index contributed by atoms with van der Waals surface area (Å²) in [6.45, 7) is 7.11. The Morgan fingerprint density at radius 1 is 1.28 bits per heavy atom. The quantitative estimate of drug-likeness (QED) is 0.636. The standard InChI is InChI=1S/C20H32N4O/c1-15-5-6-18(16(2)13-15)7-10-23-20(22-4)24-11-8-17(9-12-24)14-19(25)21-3/h5-6,13,17H,7-12,14H2,1-4H3,(H,21,25)(H,22,23). The Hall–Kier alpha value is -2.04. The molecule has 5 heteroatoms.